The number of aliphatic carboxylic acids is 3. The van der Waals surface area contributed by atoms with Crippen LogP contribution in [0.5, 0.6) is 0 Å². The number of carbonyl (C=O) groups excluding carboxylic acids is 8. The average Bonchev–Trinajstić information content (AvgIpc) is 3.12. The van der Waals surface area contributed by atoms with Crippen LogP contribution in [0.4, 0.5) is 0 Å². The van der Waals surface area contributed by atoms with Crippen molar-refractivity contribution in [3.8, 4) is 0 Å². The van der Waals surface area contributed by atoms with Crippen LogP contribution in [0, 0.1) is 11.8 Å². The molecule has 1 aromatic rings. The summed E-state index contributed by atoms with van der Waals surface area (Å²) in [6.07, 6.45) is -3.81. The lowest BCUT2D eigenvalue weighted by molar-refractivity contribution is -0.147. The number of hydrogen-bond acceptors (Lipinski definition) is 12. The van der Waals surface area contributed by atoms with Crippen LogP contribution in [0.2, 0.25) is 0 Å². The van der Waals surface area contributed by atoms with E-state index in [9.17, 15) is 63.0 Å². The summed E-state index contributed by atoms with van der Waals surface area (Å²) in [5, 5.41) is 41.7. The first-order valence-electron chi connectivity index (χ1n) is 18.7. The second-order valence-corrected chi connectivity index (χ2v) is 14.8. The molecule has 0 aromatic heterocycles. The Morgan fingerprint density at radius 1 is 0.483 bits per heavy atom. The Morgan fingerprint density at radius 2 is 0.833 bits per heavy atom. The first-order valence-corrected chi connectivity index (χ1v) is 18.7. The molecule has 0 aliphatic heterocycles. The van der Waals surface area contributed by atoms with Crippen LogP contribution < -0.4 is 49.1 Å². The fourth-order valence-corrected chi connectivity index (χ4v) is 5.58. The van der Waals surface area contributed by atoms with Gasteiger partial charge in [0.2, 0.25) is 47.3 Å². The van der Waals surface area contributed by atoms with E-state index in [-0.39, 0.29) is 31.1 Å². The van der Waals surface area contributed by atoms with E-state index in [4.69, 9.17) is 22.3 Å². The highest BCUT2D eigenvalue weighted by Crippen LogP contribution is 2.11. The van der Waals surface area contributed by atoms with Crippen LogP contribution >= 0.6 is 0 Å². The van der Waals surface area contributed by atoms with Crippen molar-refractivity contribution in [3.05, 3.63) is 35.9 Å². The minimum atomic E-state index is -1.86. The summed E-state index contributed by atoms with van der Waals surface area (Å²) >= 11 is 0. The predicted octanol–water partition coefficient (Wildman–Crippen LogP) is -3.66. The lowest BCUT2D eigenvalue weighted by atomic mass is 10.00. The Kier molecular flexibility index (Phi) is 21.4. The largest absolute Gasteiger partial charge is 0.481 e. The third-order valence-electron chi connectivity index (χ3n) is 8.40. The number of nitrogens with two attached hydrogens (primary N) is 3. The van der Waals surface area contributed by atoms with Gasteiger partial charge in [-0.05, 0) is 30.2 Å². The fraction of sp³-hybridized carbons (Fsp3) is 0.541. The van der Waals surface area contributed by atoms with Crippen molar-refractivity contribution in [1.29, 1.82) is 0 Å². The molecule has 0 fully saturated rings. The fourth-order valence-electron chi connectivity index (χ4n) is 5.58. The Labute approximate surface area is 344 Å². The van der Waals surface area contributed by atoms with Crippen LogP contribution in [-0.2, 0) is 59.2 Å². The monoisotopic (exact) mass is 849 g/mol. The number of primary amides is 2. The van der Waals surface area contributed by atoms with E-state index in [0.29, 0.717) is 5.56 Å². The van der Waals surface area contributed by atoms with Crippen LogP contribution in [0.3, 0.4) is 0 Å². The summed E-state index contributed by atoms with van der Waals surface area (Å²) in [5.41, 5.74) is 16.8. The van der Waals surface area contributed by atoms with Gasteiger partial charge in [0.05, 0.1) is 31.7 Å². The molecule has 23 nitrogen and oxygen atoms in total. The molecule has 0 spiro atoms. The van der Waals surface area contributed by atoms with E-state index in [1.165, 1.54) is 0 Å². The molecule has 0 heterocycles. The Morgan fingerprint density at radius 3 is 1.23 bits per heavy atom. The van der Waals surface area contributed by atoms with Gasteiger partial charge in [-0.15, -0.1) is 0 Å². The van der Waals surface area contributed by atoms with Gasteiger partial charge in [0, 0.05) is 6.42 Å². The molecule has 332 valence electrons. The third-order valence-corrected chi connectivity index (χ3v) is 8.40. The molecule has 15 N–H and O–H groups in total. The van der Waals surface area contributed by atoms with E-state index in [0.717, 1.165) is 0 Å². The van der Waals surface area contributed by atoms with E-state index < -0.39 is 133 Å². The number of nitrogens with one attached hydrogen (secondary N) is 6. The Bertz CT molecular complexity index is 1740. The smallest absolute Gasteiger partial charge is 0.326 e. The molecule has 0 saturated heterocycles. The standard InChI is InChI=1S/C37H55N9O14/c1-17(2)10-21(32(54)44-24(14-28(40)48)35(57)42-22(11-18(3)4)33(55)46-26(37(59)60)16-30(51)52)43-36(58)25(15-29(49)50)45-34(56)23(12-19-8-6-5-7-9-19)41-31(53)20(38)13-27(39)47/h5-9,17-18,20-26H,10-16,38H2,1-4H3,(H2,39,47)(H2,40,48)(H,41,53)(H,42,57)(H,43,58)(H,44,54)(H,45,56)(H,46,55)(H,49,50)(H,51,52)(H,59,60)/t20-,21-,22-,23-,24-,25-,26-/m0/s1. The van der Waals surface area contributed by atoms with E-state index in [1.807, 2.05) is 5.32 Å². The number of benzene rings is 1. The zero-order valence-electron chi connectivity index (χ0n) is 33.6. The summed E-state index contributed by atoms with van der Waals surface area (Å²) in [7, 11) is 0. The molecule has 23 heteroatoms. The molecule has 1 rings (SSSR count). The number of carbonyl (C=O) groups is 11. The summed E-state index contributed by atoms with van der Waals surface area (Å²) in [5.74, 6) is -13.9. The van der Waals surface area contributed by atoms with Crippen molar-refractivity contribution < 1.29 is 68.1 Å². The minimum absolute atomic E-state index is 0.104. The molecule has 0 aliphatic rings. The predicted molar refractivity (Wildman–Crippen MR) is 208 cm³/mol. The molecule has 0 saturated carbocycles. The van der Waals surface area contributed by atoms with Crippen molar-refractivity contribution in [3.63, 3.8) is 0 Å². The number of hydrogen-bond donors (Lipinski definition) is 12. The highest BCUT2D eigenvalue weighted by atomic mass is 16.4. The van der Waals surface area contributed by atoms with Crippen molar-refractivity contribution >= 4 is 65.2 Å². The summed E-state index contributed by atoms with van der Waals surface area (Å²) in [4.78, 5) is 138. The summed E-state index contributed by atoms with van der Waals surface area (Å²) < 4.78 is 0. The highest BCUT2D eigenvalue weighted by molar-refractivity contribution is 5.99. The zero-order chi connectivity index (χ0) is 45.9. The first-order chi connectivity index (χ1) is 27.9. The molecule has 0 aliphatic carbocycles. The summed E-state index contributed by atoms with van der Waals surface area (Å²) in [6, 6.07) is -3.22. The molecule has 60 heavy (non-hydrogen) atoms. The molecular formula is C37H55N9O14. The molecule has 7 atom stereocenters. The van der Waals surface area contributed by atoms with Crippen molar-refractivity contribution in [1.82, 2.24) is 31.9 Å². The third kappa shape index (κ3) is 19.7. The second kappa shape index (κ2) is 25.0. The Balaban J connectivity index is 3.40. The molecule has 8 amide bonds. The molecular weight excluding hydrogens is 794 g/mol. The SMILES string of the molecule is CC(C)C[C@H](NC(=O)[C@H](CC(N)=O)NC(=O)[C@H](CC(C)C)NC(=O)[C@H](CC(=O)O)NC(=O)[C@H](Cc1ccccc1)NC(=O)[C@@H](N)CC(N)=O)C(=O)N[C@@H](CC(=O)O)C(=O)O. The Hall–Kier alpha value is -6.65. The van der Waals surface area contributed by atoms with Gasteiger partial charge in [-0.3, -0.25) is 47.9 Å². The first kappa shape index (κ1) is 51.4. The molecule has 0 unspecified atom stereocenters. The van der Waals surface area contributed by atoms with Crippen molar-refractivity contribution in [2.24, 2.45) is 29.0 Å². The zero-order valence-corrected chi connectivity index (χ0v) is 33.6. The van der Waals surface area contributed by atoms with Crippen molar-refractivity contribution in [2.45, 2.75) is 115 Å². The van der Waals surface area contributed by atoms with Gasteiger partial charge in [0.1, 0.15) is 36.3 Å². The summed E-state index contributed by atoms with van der Waals surface area (Å²) in [6.45, 7) is 6.62. The topological polar surface area (TPSA) is 399 Å². The maximum atomic E-state index is 13.7. The second-order valence-electron chi connectivity index (χ2n) is 14.8. The van der Waals surface area contributed by atoms with Crippen LogP contribution in [-0.4, -0.2) is 123 Å². The van der Waals surface area contributed by atoms with E-state index >= 15 is 0 Å². The van der Waals surface area contributed by atoms with Gasteiger partial charge >= 0.3 is 17.9 Å². The highest BCUT2D eigenvalue weighted by Gasteiger charge is 2.35. The van der Waals surface area contributed by atoms with E-state index in [2.05, 4.69) is 26.6 Å². The molecule has 1 aromatic carbocycles. The van der Waals surface area contributed by atoms with Gasteiger partial charge in [-0.25, -0.2) is 4.79 Å². The van der Waals surface area contributed by atoms with Gasteiger partial charge in [0.15, 0.2) is 0 Å². The number of carboxylic acid groups (broad SMARTS) is 3. The lowest BCUT2D eigenvalue weighted by Gasteiger charge is -2.28. The van der Waals surface area contributed by atoms with Gasteiger partial charge < -0.3 is 64.4 Å². The van der Waals surface area contributed by atoms with Crippen LogP contribution in [0.1, 0.15) is 71.8 Å². The normalized spacial score (nSPS) is 14.4. The van der Waals surface area contributed by atoms with Crippen LogP contribution in [0.25, 0.3) is 0 Å². The number of rotatable bonds is 27. The van der Waals surface area contributed by atoms with Gasteiger partial charge in [-0.2, -0.15) is 0 Å². The van der Waals surface area contributed by atoms with Crippen molar-refractivity contribution in [2.75, 3.05) is 0 Å². The average molecular weight is 850 g/mol. The van der Waals surface area contributed by atoms with Crippen LogP contribution in [0.15, 0.2) is 30.3 Å². The van der Waals surface area contributed by atoms with Gasteiger partial charge in [0.25, 0.3) is 0 Å². The quantitative estimate of drug-likeness (QED) is 0.0406. The maximum absolute atomic E-state index is 13.7. The number of carboxylic acids is 3. The van der Waals surface area contributed by atoms with Gasteiger partial charge in [-0.1, -0.05) is 58.0 Å². The lowest BCUT2D eigenvalue weighted by Crippen LogP contribution is -2.60. The maximum Gasteiger partial charge on any atom is 0.326 e. The van der Waals surface area contributed by atoms with E-state index in [1.54, 1.807) is 58.0 Å². The molecule has 0 radical (unpaired) electrons. The number of amides is 8. The molecule has 0 bridgehead atoms. The minimum Gasteiger partial charge on any atom is -0.481 e.